The van der Waals surface area contributed by atoms with E-state index in [4.69, 9.17) is 0 Å². The summed E-state index contributed by atoms with van der Waals surface area (Å²) in [6.45, 7) is 2.12. The molecule has 1 aromatic heterocycles. The minimum absolute atomic E-state index is 0.109. The number of hydrogen-bond acceptors (Lipinski definition) is 4. The molecule has 1 aliphatic rings. The van der Waals surface area contributed by atoms with Gasteiger partial charge in [-0.25, -0.2) is 4.98 Å². The Bertz CT molecular complexity index is 819. The van der Waals surface area contributed by atoms with Crippen LogP contribution in [0.2, 0.25) is 0 Å². The average Bonchev–Trinajstić information content (AvgIpc) is 3.03. The Hall–Kier alpha value is -2.42. The van der Waals surface area contributed by atoms with Crippen LogP contribution in [0.15, 0.2) is 29.8 Å². The van der Waals surface area contributed by atoms with Crippen LogP contribution in [0.1, 0.15) is 32.5 Å². The van der Waals surface area contributed by atoms with Gasteiger partial charge in [-0.05, 0) is 12.5 Å². The highest BCUT2D eigenvalue weighted by Gasteiger charge is 2.42. The summed E-state index contributed by atoms with van der Waals surface area (Å²) in [5.74, 6) is -1.32. The lowest BCUT2D eigenvalue weighted by Gasteiger charge is -2.35. The number of alkyl halides is 3. The SMILES string of the molecule is Cc1cccc(C2C(=O)NCCN2C(=O)c2ncsc2C(F)(F)F)c1. The van der Waals surface area contributed by atoms with Gasteiger partial charge in [-0.1, -0.05) is 29.8 Å². The summed E-state index contributed by atoms with van der Waals surface area (Å²) in [5, 5.41) is 2.65. The van der Waals surface area contributed by atoms with Crippen LogP contribution in [-0.2, 0) is 11.0 Å². The van der Waals surface area contributed by atoms with Crippen molar-refractivity contribution in [3.05, 3.63) is 51.5 Å². The molecule has 2 aromatic rings. The van der Waals surface area contributed by atoms with Crippen molar-refractivity contribution in [3.63, 3.8) is 0 Å². The van der Waals surface area contributed by atoms with Crippen LogP contribution in [0.3, 0.4) is 0 Å². The molecule has 5 nitrogen and oxygen atoms in total. The van der Waals surface area contributed by atoms with E-state index in [0.717, 1.165) is 16.0 Å². The molecule has 1 saturated heterocycles. The topological polar surface area (TPSA) is 62.3 Å². The molecule has 3 rings (SSSR count). The lowest BCUT2D eigenvalue weighted by Crippen LogP contribution is -2.52. The molecule has 0 radical (unpaired) electrons. The van der Waals surface area contributed by atoms with Crippen LogP contribution >= 0.6 is 11.3 Å². The van der Waals surface area contributed by atoms with Crippen molar-refractivity contribution in [2.45, 2.75) is 19.1 Å². The van der Waals surface area contributed by atoms with Crippen molar-refractivity contribution in [2.24, 2.45) is 0 Å². The van der Waals surface area contributed by atoms with Gasteiger partial charge in [-0.2, -0.15) is 13.2 Å². The van der Waals surface area contributed by atoms with Gasteiger partial charge in [0, 0.05) is 13.1 Å². The van der Waals surface area contributed by atoms with E-state index in [1.54, 1.807) is 18.2 Å². The second-order valence-electron chi connectivity index (χ2n) is 5.63. The Labute approximate surface area is 145 Å². The average molecular weight is 369 g/mol. The third-order valence-electron chi connectivity index (χ3n) is 3.86. The van der Waals surface area contributed by atoms with Crippen LogP contribution in [0, 0.1) is 6.92 Å². The van der Waals surface area contributed by atoms with E-state index in [9.17, 15) is 22.8 Å². The number of carbonyl (C=O) groups is 2. The van der Waals surface area contributed by atoms with Gasteiger partial charge in [0.1, 0.15) is 10.9 Å². The van der Waals surface area contributed by atoms with E-state index in [2.05, 4.69) is 10.3 Å². The zero-order valence-electron chi connectivity index (χ0n) is 13.1. The molecule has 0 bridgehead atoms. The third-order valence-corrected chi connectivity index (χ3v) is 4.73. The van der Waals surface area contributed by atoms with Crippen LogP contribution < -0.4 is 5.32 Å². The maximum Gasteiger partial charge on any atom is 0.427 e. The molecule has 9 heteroatoms. The number of benzene rings is 1. The molecule has 1 unspecified atom stereocenters. The normalized spacial score (nSPS) is 18.2. The van der Waals surface area contributed by atoms with Gasteiger partial charge in [-0.15, -0.1) is 11.3 Å². The maximum absolute atomic E-state index is 13.1. The molecule has 1 aliphatic heterocycles. The van der Waals surface area contributed by atoms with E-state index >= 15 is 0 Å². The van der Waals surface area contributed by atoms with Crippen molar-refractivity contribution < 1.29 is 22.8 Å². The first-order valence-electron chi connectivity index (χ1n) is 7.45. The number of thiazole rings is 1. The lowest BCUT2D eigenvalue weighted by atomic mass is 10.00. The summed E-state index contributed by atoms with van der Waals surface area (Å²) in [4.78, 5) is 28.8. The van der Waals surface area contributed by atoms with E-state index in [1.165, 1.54) is 0 Å². The third kappa shape index (κ3) is 3.37. The van der Waals surface area contributed by atoms with Crippen LogP contribution in [-0.4, -0.2) is 34.8 Å². The zero-order chi connectivity index (χ0) is 18.2. The van der Waals surface area contributed by atoms with Crippen LogP contribution in [0.4, 0.5) is 13.2 Å². The number of halogens is 3. The Morgan fingerprint density at radius 2 is 2.16 bits per heavy atom. The lowest BCUT2D eigenvalue weighted by molar-refractivity contribution is -0.134. The van der Waals surface area contributed by atoms with Crippen molar-refractivity contribution in [3.8, 4) is 0 Å². The minimum Gasteiger partial charge on any atom is -0.352 e. The number of nitrogens with one attached hydrogen (secondary N) is 1. The van der Waals surface area contributed by atoms with E-state index in [0.29, 0.717) is 16.9 Å². The molecule has 1 fully saturated rings. The zero-order valence-corrected chi connectivity index (χ0v) is 13.9. The van der Waals surface area contributed by atoms with Crippen LogP contribution in [0.25, 0.3) is 0 Å². The number of nitrogens with zero attached hydrogens (tertiary/aromatic N) is 2. The summed E-state index contributed by atoms with van der Waals surface area (Å²) < 4.78 is 39.2. The summed E-state index contributed by atoms with van der Waals surface area (Å²) in [5.41, 5.74) is 1.76. The molecule has 25 heavy (non-hydrogen) atoms. The van der Waals surface area contributed by atoms with Crippen molar-refractivity contribution in [2.75, 3.05) is 13.1 Å². The fourth-order valence-electron chi connectivity index (χ4n) is 2.79. The molecular weight excluding hydrogens is 355 g/mol. The first kappa shape index (κ1) is 17.4. The van der Waals surface area contributed by atoms with E-state index in [1.807, 2.05) is 13.0 Å². The Morgan fingerprint density at radius 3 is 2.84 bits per heavy atom. The summed E-state index contributed by atoms with van der Waals surface area (Å²) in [6.07, 6.45) is -4.66. The summed E-state index contributed by atoms with van der Waals surface area (Å²) in [7, 11) is 0. The maximum atomic E-state index is 13.1. The van der Waals surface area contributed by atoms with Gasteiger partial charge in [0.25, 0.3) is 5.91 Å². The summed E-state index contributed by atoms with van der Waals surface area (Å²) in [6, 6.07) is 6.00. The summed E-state index contributed by atoms with van der Waals surface area (Å²) >= 11 is 0.365. The van der Waals surface area contributed by atoms with Crippen LogP contribution in [0.5, 0.6) is 0 Å². The highest BCUT2D eigenvalue weighted by Crippen LogP contribution is 2.36. The predicted octanol–water partition coefficient (Wildman–Crippen LogP) is 2.78. The molecule has 1 atom stereocenters. The fourth-order valence-corrected chi connectivity index (χ4v) is 3.44. The molecule has 0 spiro atoms. The smallest absolute Gasteiger partial charge is 0.352 e. The van der Waals surface area contributed by atoms with Crippen molar-refractivity contribution in [1.82, 2.24) is 15.2 Å². The molecule has 132 valence electrons. The number of rotatable bonds is 2. The molecule has 2 heterocycles. The molecule has 1 N–H and O–H groups in total. The molecular formula is C16H14F3N3O2S. The number of amides is 2. The first-order chi connectivity index (χ1) is 11.8. The minimum atomic E-state index is -4.66. The van der Waals surface area contributed by atoms with Crippen molar-refractivity contribution >= 4 is 23.2 Å². The predicted molar refractivity (Wildman–Crippen MR) is 85.1 cm³/mol. The van der Waals surface area contributed by atoms with Gasteiger partial charge in [0.2, 0.25) is 5.91 Å². The van der Waals surface area contributed by atoms with E-state index < -0.39 is 34.6 Å². The standard InChI is InChI=1S/C16H14F3N3O2S/c1-9-3-2-4-10(7-9)12-14(23)20-5-6-22(12)15(24)11-13(16(17,18)19)25-8-21-11/h2-4,7-8,12H,5-6H2,1H3,(H,20,23). The van der Waals surface area contributed by atoms with E-state index in [-0.39, 0.29) is 13.1 Å². The molecule has 2 amide bonds. The Morgan fingerprint density at radius 1 is 1.40 bits per heavy atom. The molecule has 0 saturated carbocycles. The largest absolute Gasteiger partial charge is 0.427 e. The highest BCUT2D eigenvalue weighted by atomic mass is 32.1. The first-order valence-corrected chi connectivity index (χ1v) is 8.33. The second kappa shape index (κ2) is 6.47. The van der Waals surface area contributed by atoms with Gasteiger partial charge in [0.05, 0.1) is 5.51 Å². The Balaban J connectivity index is 2.00. The van der Waals surface area contributed by atoms with Crippen molar-refractivity contribution in [1.29, 1.82) is 0 Å². The number of aromatic nitrogens is 1. The molecule has 0 aliphatic carbocycles. The monoisotopic (exact) mass is 369 g/mol. The second-order valence-corrected chi connectivity index (χ2v) is 6.49. The Kier molecular flexibility index (Phi) is 4.51. The number of aryl methyl sites for hydroxylation is 1. The fraction of sp³-hybridized carbons (Fsp3) is 0.312. The highest BCUT2D eigenvalue weighted by molar-refractivity contribution is 7.10. The van der Waals surface area contributed by atoms with Gasteiger partial charge in [-0.3, -0.25) is 9.59 Å². The van der Waals surface area contributed by atoms with Gasteiger partial charge >= 0.3 is 6.18 Å². The number of piperazine rings is 1. The number of hydrogen-bond donors (Lipinski definition) is 1. The number of carbonyl (C=O) groups excluding carboxylic acids is 2. The quantitative estimate of drug-likeness (QED) is 0.886. The van der Waals surface area contributed by atoms with Gasteiger partial charge in [0.15, 0.2) is 5.69 Å². The van der Waals surface area contributed by atoms with Gasteiger partial charge < -0.3 is 10.2 Å². The molecule has 1 aromatic carbocycles.